The van der Waals surface area contributed by atoms with E-state index in [-0.39, 0.29) is 30.2 Å². The summed E-state index contributed by atoms with van der Waals surface area (Å²) in [6.07, 6.45) is 1.43. The normalized spacial score (nSPS) is 16.7. The van der Waals surface area contributed by atoms with E-state index in [2.05, 4.69) is 20.7 Å². The second-order valence-electron chi connectivity index (χ2n) is 8.16. The lowest BCUT2D eigenvalue weighted by molar-refractivity contribution is -0.274. The van der Waals surface area contributed by atoms with Crippen LogP contribution in [-0.4, -0.2) is 50.5 Å². The van der Waals surface area contributed by atoms with Crippen molar-refractivity contribution in [2.24, 2.45) is 5.92 Å². The van der Waals surface area contributed by atoms with E-state index in [1.165, 1.54) is 37.8 Å². The number of halogens is 3. The van der Waals surface area contributed by atoms with Gasteiger partial charge in [0.1, 0.15) is 18.4 Å². The Morgan fingerprint density at radius 2 is 1.75 bits per heavy atom. The topological polar surface area (TPSA) is 88.7 Å². The molecule has 0 radical (unpaired) electrons. The quantitative estimate of drug-likeness (QED) is 0.471. The summed E-state index contributed by atoms with van der Waals surface area (Å²) in [4.78, 5) is 24.8. The van der Waals surface area contributed by atoms with E-state index in [4.69, 9.17) is 4.74 Å². The number of hydrogen-bond donors (Lipinski definition) is 3. The van der Waals surface area contributed by atoms with Crippen LogP contribution in [0.25, 0.3) is 0 Å². The molecule has 1 aromatic rings. The van der Waals surface area contributed by atoms with Gasteiger partial charge in [-0.2, -0.15) is 0 Å². The first-order valence-corrected chi connectivity index (χ1v) is 10.8. The van der Waals surface area contributed by atoms with Gasteiger partial charge in [-0.05, 0) is 43.5 Å². The summed E-state index contributed by atoms with van der Waals surface area (Å²) >= 11 is 0. The third-order valence-corrected chi connectivity index (χ3v) is 5.31. The second kappa shape index (κ2) is 12.5. The number of alkyl halides is 3. The predicted octanol–water partition coefficient (Wildman–Crippen LogP) is 3.60. The maximum absolute atomic E-state index is 12.8. The second-order valence-corrected chi connectivity index (χ2v) is 8.16. The molecular weight excluding hydrogens is 427 g/mol. The molecule has 2 rings (SSSR count). The highest BCUT2D eigenvalue weighted by Gasteiger charge is 2.31. The number of carbonyl (C=O) groups excluding carboxylic acids is 2. The van der Waals surface area contributed by atoms with Crippen LogP contribution in [0, 0.1) is 5.92 Å². The van der Waals surface area contributed by atoms with Crippen LogP contribution in [0.5, 0.6) is 5.75 Å². The molecule has 0 heterocycles. The Morgan fingerprint density at radius 3 is 2.34 bits per heavy atom. The summed E-state index contributed by atoms with van der Waals surface area (Å²) in [7, 11) is 1.42. The predicted molar refractivity (Wildman–Crippen MR) is 114 cm³/mol. The summed E-state index contributed by atoms with van der Waals surface area (Å²) in [6, 6.07) is 4.44. The molecule has 1 aliphatic rings. The summed E-state index contributed by atoms with van der Waals surface area (Å²) in [5, 5.41) is 8.73. The Bertz CT molecular complexity index is 722. The molecule has 1 saturated carbocycles. The molecule has 0 aromatic heterocycles. The molecule has 10 heteroatoms. The molecule has 0 aliphatic heterocycles. The molecular formula is C22H32F3N3O4. The van der Waals surface area contributed by atoms with Gasteiger partial charge in [0.05, 0.1) is 0 Å². The Morgan fingerprint density at radius 1 is 1.09 bits per heavy atom. The van der Waals surface area contributed by atoms with Gasteiger partial charge in [0.2, 0.25) is 11.8 Å². The average Bonchev–Trinajstić information content (AvgIpc) is 2.72. The number of rotatable bonds is 11. The van der Waals surface area contributed by atoms with E-state index >= 15 is 0 Å². The number of benzene rings is 1. The molecule has 1 unspecified atom stereocenters. The lowest BCUT2D eigenvalue weighted by Gasteiger charge is -2.27. The highest BCUT2D eigenvalue weighted by atomic mass is 19.4. The van der Waals surface area contributed by atoms with Gasteiger partial charge >= 0.3 is 6.36 Å². The van der Waals surface area contributed by atoms with Gasteiger partial charge in [0.25, 0.3) is 0 Å². The fraction of sp³-hybridized carbons (Fsp3) is 0.636. The van der Waals surface area contributed by atoms with E-state index < -0.39 is 12.4 Å². The smallest absolute Gasteiger partial charge is 0.406 e. The first-order chi connectivity index (χ1) is 15.2. The zero-order valence-corrected chi connectivity index (χ0v) is 18.5. The highest BCUT2D eigenvalue weighted by Crippen LogP contribution is 2.27. The molecule has 1 aliphatic carbocycles. The largest absolute Gasteiger partial charge is 0.573 e. The van der Waals surface area contributed by atoms with Gasteiger partial charge in [-0.3, -0.25) is 9.59 Å². The Balaban J connectivity index is 1.86. The first kappa shape index (κ1) is 25.8. The molecule has 1 fully saturated rings. The number of anilines is 1. The number of methoxy groups -OCH3 is 1. The minimum absolute atomic E-state index is 0.112. The molecule has 7 nitrogen and oxygen atoms in total. The standard InChI is InChI=1S/C22H32F3N3O4/c1-15(13-26-17-8-10-18(11-9-17)32-22(23,24)25)27-21(30)19(28-20(29)14-31-2)12-16-6-4-3-5-7-16/h8-11,15-16,19,26H,3-7,12-14H2,1-2H3,(H,27,30)(H,28,29)/t15-,19?/m0/s1. The molecule has 2 amide bonds. The van der Waals surface area contributed by atoms with E-state index in [9.17, 15) is 22.8 Å². The third-order valence-electron chi connectivity index (χ3n) is 5.31. The van der Waals surface area contributed by atoms with Crippen LogP contribution in [0.3, 0.4) is 0 Å². The summed E-state index contributed by atoms with van der Waals surface area (Å²) in [6.45, 7) is 2.05. The maximum Gasteiger partial charge on any atom is 0.573 e. The van der Waals surface area contributed by atoms with Gasteiger partial charge in [-0.25, -0.2) is 0 Å². The van der Waals surface area contributed by atoms with Crippen molar-refractivity contribution in [2.45, 2.75) is 63.9 Å². The van der Waals surface area contributed by atoms with Crippen LogP contribution in [0.1, 0.15) is 45.4 Å². The molecule has 32 heavy (non-hydrogen) atoms. The monoisotopic (exact) mass is 459 g/mol. The third kappa shape index (κ3) is 9.76. The molecule has 0 spiro atoms. The van der Waals surface area contributed by atoms with Crippen LogP contribution >= 0.6 is 0 Å². The molecule has 0 saturated heterocycles. The van der Waals surface area contributed by atoms with Crippen molar-refractivity contribution in [3.63, 3.8) is 0 Å². The number of ether oxygens (including phenoxy) is 2. The van der Waals surface area contributed by atoms with E-state index in [0.29, 0.717) is 24.6 Å². The van der Waals surface area contributed by atoms with Crippen LogP contribution in [0.2, 0.25) is 0 Å². The van der Waals surface area contributed by atoms with Crippen molar-refractivity contribution in [3.05, 3.63) is 24.3 Å². The Labute approximate surface area is 186 Å². The zero-order valence-electron chi connectivity index (χ0n) is 18.5. The molecule has 1 aromatic carbocycles. The Hall–Kier alpha value is -2.49. The van der Waals surface area contributed by atoms with Crippen LogP contribution in [0.4, 0.5) is 18.9 Å². The van der Waals surface area contributed by atoms with Crippen molar-refractivity contribution in [3.8, 4) is 5.75 Å². The SMILES string of the molecule is COCC(=O)NC(CC1CCCCC1)C(=O)N[C@@H](C)CNc1ccc(OC(F)(F)F)cc1. The fourth-order valence-corrected chi connectivity index (χ4v) is 3.79. The van der Waals surface area contributed by atoms with Gasteiger partial charge in [0.15, 0.2) is 0 Å². The van der Waals surface area contributed by atoms with Crippen molar-refractivity contribution in [2.75, 3.05) is 25.6 Å². The average molecular weight is 460 g/mol. The van der Waals surface area contributed by atoms with Gasteiger partial charge in [-0.1, -0.05) is 32.1 Å². The van der Waals surface area contributed by atoms with Crippen LogP contribution in [-0.2, 0) is 14.3 Å². The number of amides is 2. The van der Waals surface area contributed by atoms with Gasteiger partial charge in [-0.15, -0.1) is 13.2 Å². The molecule has 0 bridgehead atoms. The minimum Gasteiger partial charge on any atom is -0.406 e. The molecule has 2 atom stereocenters. The minimum atomic E-state index is -4.74. The maximum atomic E-state index is 12.8. The first-order valence-electron chi connectivity index (χ1n) is 10.8. The van der Waals surface area contributed by atoms with Crippen LogP contribution < -0.4 is 20.7 Å². The summed E-state index contributed by atoms with van der Waals surface area (Å²) < 4.78 is 45.4. The van der Waals surface area contributed by atoms with Crippen molar-refractivity contribution in [1.29, 1.82) is 0 Å². The highest BCUT2D eigenvalue weighted by molar-refractivity contribution is 5.88. The Kier molecular flexibility index (Phi) is 10.1. The summed E-state index contributed by atoms with van der Waals surface area (Å²) in [5.74, 6) is -0.506. The van der Waals surface area contributed by atoms with Crippen LogP contribution in [0.15, 0.2) is 24.3 Å². The van der Waals surface area contributed by atoms with Gasteiger partial charge < -0.3 is 25.4 Å². The number of hydrogen-bond acceptors (Lipinski definition) is 5. The van der Waals surface area contributed by atoms with Crippen molar-refractivity contribution >= 4 is 17.5 Å². The number of nitrogens with one attached hydrogen (secondary N) is 3. The fourth-order valence-electron chi connectivity index (χ4n) is 3.79. The van der Waals surface area contributed by atoms with Crippen molar-refractivity contribution in [1.82, 2.24) is 10.6 Å². The molecule has 3 N–H and O–H groups in total. The number of carbonyl (C=O) groups is 2. The lowest BCUT2D eigenvalue weighted by Crippen LogP contribution is -2.51. The van der Waals surface area contributed by atoms with E-state index in [1.807, 2.05) is 0 Å². The van der Waals surface area contributed by atoms with E-state index in [1.54, 1.807) is 6.92 Å². The lowest BCUT2D eigenvalue weighted by atomic mass is 9.84. The van der Waals surface area contributed by atoms with E-state index in [0.717, 1.165) is 25.7 Å². The van der Waals surface area contributed by atoms with Crippen molar-refractivity contribution < 1.29 is 32.2 Å². The zero-order chi connectivity index (χ0) is 23.6. The van der Waals surface area contributed by atoms with Gasteiger partial charge in [0, 0.05) is 25.4 Å². The summed E-state index contributed by atoms with van der Waals surface area (Å²) in [5.41, 5.74) is 0.591. The molecule has 180 valence electrons.